The molecule has 0 spiro atoms. The normalized spacial score (nSPS) is 18.0. The Morgan fingerprint density at radius 3 is 2.41 bits per heavy atom. The second-order valence-electron chi connectivity index (χ2n) is 6.70. The number of aryl methyl sites for hydroxylation is 1. The Labute approximate surface area is 158 Å². The van der Waals surface area contributed by atoms with Crippen molar-refractivity contribution in [2.24, 2.45) is 0 Å². The zero-order chi connectivity index (χ0) is 19.4. The molecule has 1 aliphatic heterocycles. The standard InChI is InChI=1S/C19H21N3O4S/c1-13-2-4-14(5-3-13)9-21-18(23)15-8-16(11-20-10-15)19(24)22-17-6-7-27(25,26)12-17/h2-5,8,10-11,17H,6-7,9,12H2,1H3,(H,21,23)(H,22,24). The Bertz CT molecular complexity index is 955. The van der Waals surface area contributed by atoms with E-state index < -0.39 is 21.8 Å². The van der Waals surface area contributed by atoms with Crippen LogP contribution in [0.3, 0.4) is 0 Å². The van der Waals surface area contributed by atoms with E-state index in [1.807, 2.05) is 31.2 Å². The quantitative estimate of drug-likeness (QED) is 0.803. The predicted octanol–water partition coefficient (Wildman–Crippen LogP) is 1.24. The van der Waals surface area contributed by atoms with Crippen LogP contribution >= 0.6 is 0 Å². The zero-order valence-corrected chi connectivity index (χ0v) is 15.8. The third kappa shape index (κ3) is 5.13. The topological polar surface area (TPSA) is 105 Å². The van der Waals surface area contributed by atoms with Crippen molar-refractivity contribution in [3.63, 3.8) is 0 Å². The molecule has 1 fully saturated rings. The average molecular weight is 387 g/mol. The highest BCUT2D eigenvalue weighted by Gasteiger charge is 2.29. The number of amides is 2. The molecule has 2 heterocycles. The van der Waals surface area contributed by atoms with Crippen LogP contribution in [-0.4, -0.2) is 42.8 Å². The summed E-state index contributed by atoms with van der Waals surface area (Å²) in [5.41, 5.74) is 2.61. The number of carbonyl (C=O) groups is 2. The summed E-state index contributed by atoms with van der Waals surface area (Å²) in [5.74, 6) is -0.737. The van der Waals surface area contributed by atoms with Crippen molar-refractivity contribution in [3.05, 3.63) is 65.0 Å². The van der Waals surface area contributed by atoms with Crippen LogP contribution in [0.2, 0.25) is 0 Å². The van der Waals surface area contributed by atoms with E-state index in [2.05, 4.69) is 15.6 Å². The molecule has 1 aromatic carbocycles. The first-order valence-corrected chi connectivity index (χ1v) is 10.4. The van der Waals surface area contributed by atoms with Gasteiger partial charge in [-0.15, -0.1) is 0 Å². The maximum Gasteiger partial charge on any atom is 0.253 e. The van der Waals surface area contributed by atoms with Crippen molar-refractivity contribution < 1.29 is 18.0 Å². The molecule has 7 nitrogen and oxygen atoms in total. The fraction of sp³-hybridized carbons (Fsp3) is 0.316. The largest absolute Gasteiger partial charge is 0.348 e. The second kappa shape index (κ2) is 7.87. The van der Waals surface area contributed by atoms with Crippen molar-refractivity contribution in [2.45, 2.75) is 25.9 Å². The summed E-state index contributed by atoms with van der Waals surface area (Å²) in [6.45, 7) is 2.36. The molecule has 3 rings (SSSR count). The van der Waals surface area contributed by atoms with Gasteiger partial charge in [0.15, 0.2) is 9.84 Å². The van der Waals surface area contributed by atoms with Crippen molar-refractivity contribution >= 4 is 21.7 Å². The van der Waals surface area contributed by atoms with Gasteiger partial charge in [0.1, 0.15) is 0 Å². The molecule has 142 valence electrons. The van der Waals surface area contributed by atoms with E-state index in [0.29, 0.717) is 13.0 Å². The molecule has 2 amide bonds. The van der Waals surface area contributed by atoms with Gasteiger partial charge in [-0.3, -0.25) is 14.6 Å². The van der Waals surface area contributed by atoms with E-state index in [0.717, 1.165) is 11.1 Å². The van der Waals surface area contributed by atoms with Gasteiger partial charge in [-0.1, -0.05) is 29.8 Å². The maximum absolute atomic E-state index is 12.3. The van der Waals surface area contributed by atoms with Crippen LogP contribution in [0.15, 0.2) is 42.7 Å². The SMILES string of the molecule is Cc1ccc(CNC(=O)c2cncc(C(=O)NC3CCS(=O)(=O)C3)c2)cc1. The van der Waals surface area contributed by atoms with Crippen LogP contribution in [0.4, 0.5) is 0 Å². The zero-order valence-electron chi connectivity index (χ0n) is 14.9. The molecule has 0 bridgehead atoms. The summed E-state index contributed by atoms with van der Waals surface area (Å²) in [5, 5.41) is 5.49. The van der Waals surface area contributed by atoms with Crippen LogP contribution in [0.25, 0.3) is 0 Å². The van der Waals surface area contributed by atoms with Crippen molar-refractivity contribution in [1.82, 2.24) is 15.6 Å². The number of nitrogens with zero attached hydrogens (tertiary/aromatic N) is 1. The fourth-order valence-electron chi connectivity index (χ4n) is 2.86. The number of benzene rings is 1. The van der Waals surface area contributed by atoms with E-state index in [-0.39, 0.29) is 28.5 Å². The van der Waals surface area contributed by atoms with Crippen LogP contribution in [0.5, 0.6) is 0 Å². The number of hydrogen-bond donors (Lipinski definition) is 2. The molecule has 27 heavy (non-hydrogen) atoms. The lowest BCUT2D eigenvalue weighted by Crippen LogP contribution is -2.35. The fourth-order valence-corrected chi connectivity index (χ4v) is 4.53. The van der Waals surface area contributed by atoms with Crippen molar-refractivity contribution in [1.29, 1.82) is 0 Å². The first-order chi connectivity index (χ1) is 12.8. The van der Waals surface area contributed by atoms with E-state index in [9.17, 15) is 18.0 Å². The molecule has 0 saturated carbocycles. The van der Waals surface area contributed by atoms with Gasteiger partial charge in [-0.05, 0) is 25.0 Å². The molecular formula is C19H21N3O4S. The Kier molecular flexibility index (Phi) is 5.55. The minimum absolute atomic E-state index is 0.0527. The van der Waals surface area contributed by atoms with Crippen molar-refractivity contribution in [3.8, 4) is 0 Å². The van der Waals surface area contributed by atoms with Gasteiger partial charge in [-0.2, -0.15) is 0 Å². The summed E-state index contributed by atoms with van der Waals surface area (Å²) >= 11 is 0. The third-order valence-corrected chi connectivity index (χ3v) is 6.17. The van der Waals surface area contributed by atoms with Crippen LogP contribution in [0.1, 0.15) is 38.3 Å². The Morgan fingerprint density at radius 1 is 1.11 bits per heavy atom. The van der Waals surface area contributed by atoms with Gasteiger partial charge in [0, 0.05) is 25.0 Å². The lowest BCUT2D eigenvalue weighted by atomic mass is 10.1. The summed E-state index contributed by atoms with van der Waals surface area (Å²) in [4.78, 5) is 28.6. The van der Waals surface area contributed by atoms with E-state index in [1.54, 1.807) is 0 Å². The monoisotopic (exact) mass is 387 g/mol. The summed E-state index contributed by atoms with van der Waals surface area (Å²) < 4.78 is 23.0. The molecule has 2 aromatic rings. The van der Waals surface area contributed by atoms with Crippen molar-refractivity contribution in [2.75, 3.05) is 11.5 Å². The summed E-state index contributed by atoms with van der Waals surface area (Å²) in [7, 11) is -3.08. The van der Waals surface area contributed by atoms with Gasteiger partial charge in [0.2, 0.25) is 0 Å². The average Bonchev–Trinajstić information content (AvgIpc) is 2.99. The van der Waals surface area contributed by atoms with E-state index in [1.165, 1.54) is 18.5 Å². The Hall–Kier alpha value is -2.74. The van der Waals surface area contributed by atoms with Gasteiger partial charge >= 0.3 is 0 Å². The minimum atomic E-state index is -3.08. The number of hydrogen-bond acceptors (Lipinski definition) is 5. The number of carbonyl (C=O) groups excluding carboxylic acids is 2. The number of rotatable bonds is 5. The van der Waals surface area contributed by atoms with Gasteiger partial charge < -0.3 is 10.6 Å². The summed E-state index contributed by atoms with van der Waals surface area (Å²) in [6, 6.07) is 8.87. The molecule has 1 unspecified atom stereocenters. The Morgan fingerprint density at radius 2 is 1.78 bits per heavy atom. The molecule has 2 N–H and O–H groups in total. The highest BCUT2D eigenvalue weighted by Crippen LogP contribution is 2.12. The molecule has 1 aliphatic rings. The lowest BCUT2D eigenvalue weighted by molar-refractivity contribution is 0.0940. The van der Waals surface area contributed by atoms with E-state index >= 15 is 0 Å². The molecule has 0 radical (unpaired) electrons. The lowest BCUT2D eigenvalue weighted by Gasteiger charge is -2.11. The van der Waals surface area contributed by atoms with Crippen LogP contribution in [-0.2, 0) is 16.4 Å². The smallest absolute Gasteiger partial charge is 0.253 e. The van der Waals surface area contributed by atoms with Gasteiger partial charge in [0.05, 0.1) is 22.6 Å². The molecule has 1 aromatic heterocycles. The number of aromatic nitrogens is 1. The van der Waals surface area contributed by atoms with Crippen LogP contribution < -0.4 is 10.6 Å². The maximum atomic E-state index is 12.3. The van der Waals surface area contributed by atoms with E-state index in [4.69, 9.17) is 0 Å². The molecule has 0 aliphatic carbocycles. The number of sulfone groups is 1. The van der Waals surface area contributed by atoms with Gasteiger partial charge in [-0.25, -0.2) is 8.42 Å². The first kappa shape index (κ1) is 19.0. The first-order valence-electron chi connectivity index (χ1n) is 8.62. The molecule has 1 saturated heterocycles. The summed E-state index contributed by atoms with van der Waals surface area (Å²) in [6.07, 6.45) is 3.15. The highest BCUT2D eigenvalue weighted by molar-refractivity contribution is 7.91. The second-order valence-corrected chi connectivity index (χ2v) is 8.93. The molecule has 1 atom stereocenters. The third-order valence-electron chi connectivity index (χ3n) is 4.40. The highest BCUT2D eigenvalue weighted by atomic mass is 32.2. The molecule has 8 heteroatoms. The molecular weight excluding hydrogens is 366 g/mol. The number of pyridine rings is 1. The Balaban J connectivity index is 1.61. The minimum Gasteiger partial charge on any atom is -0.348 e. The van der Waals surface area contributed by atoms with Gasteiger partial charge in [0.25, 0.3) is 11.8 Å². The van der Waals surface area contributed by atoms with Crippen LogP contribution in [0, 0.1) is 6.92 Å². The predicted molar refractivity (Wildman–Crippen MR) is 101 cm³/mol. The number of nitrogens with one attached hydrogen (secondary N) is 2.